The molecule has 0 aliphatic rings. The molecule has 65 heavy (non-hydrogen) atoms. The van der Waals surface area contributed by atoms with Crippen LogP contribution in [0.5, 0.6) is 0 Å². The molecule has 7 aromatic carbocycles. The molecule has 330 valence electrons. The topological polar surface area (TPSA) is 42.3 Å². The van der Waals surface area contributed by atoms with Gasteiger partial charge in [0.25, 0.3) is 5.91 Å². The third-order valence-electron chi connectivity index (χ3n) is 10.9. The van der Waals surface area contributed by atoms with Crippen LogP contribution in [-0.2, 0) is 29.5 Å². The Kier molecular flexibility index (Phi) is 10.9. The minimum absolute atomic E-state index is 0.0686. The highest BCUT2D eigenvalue weighted by atomic mass is 19.4. The van der Waals surface area contributed by atoms with E-state index < -0.39 is 64.0 Å². The second-order valence-corrected chi connectivity index (χ2v) is 15.0. The lowest BCUT2D eigenvalue weighted by atomic mass is 9.96. The Labute approximate surface area is 360 Å². The predicted molar refractivity (Wildman–Crippen MR) is 221 cm³/mol. The number of carbonyl (C=O) groups is 2. The summed E-state index contributed by atoms with van der Waals surface area (Å²) in [6.45, 7) is 1.47. The van der Waals surface area contributed by atoms with Gasteiger partial charge in [-0.05, 0) is 89.3 Å². The van der Waals surface area contributed by atoms with E-state index in [1.165, 1.54) is 78.2 Å². The van der Waals surface area contributed by atoms with E-state index in [-0.39, 0.29) is 74.0 Å². The van der Waals surface area contributed by atoms with Gasteiger partial charge in [-0.1, -0.05) is 91.0 Å². The van der Waals surface area contributed by atoms with Gasteiger partial charge < -0.3 is 4.57 Å². The molecule has 0 unspecified atom stereocenters. The van der Waals surface area contributed by atoms with E-state index in [9.17, 15) is 62.3 Å². The monoisotopic (exact) mass is 904 g/mol. The highest BCUT2D eigenvalue weighted by Gasteiger charge is 2.39. The summed E-state index contributed by atoms with van der Waals surface area (Å²) in [5.41, 5.74) is -7.45. The molecule has 0 fully saturated rings. The summed E-state index contributed by atoms with van der Waals surface area (Å²) in [4.78, 5) is 28.5. The number of fused-ring (bicyclic) bond motifs is 3. The van der Waals surface area contributed by atoms with Crippen LogP contribution in [0.15, 0.2) is 146 Å². The molecule has 16 heteroatoms. The molecular formula is C49H28F12N2O2. The Bertz CT molecular complexity index is 2950. The van der Waals surface area contributed by atoms with Crippen LogP contribution >= 0.6 is 0 Å². The SMILES string of the molecule is Cc1cccc(-n2c3c(-c4cc(C(F)(F)F)cc(C(F)(F)F)c4)cccc3c3cccc(-c4cc(C(F)(F)F)cc(C(F)(F)F)c4)c32)c1C(=O)N(C=O)c1ccc(-c2ccccc2)cc1. The second-order valence-electron chi connectivity index (χ2n) is 15.0. The van der Waals surface area contributed by atoms with Crippen LogP contribution in [0.1, 0.15) is 38.2 Å². The third kappa shape index (κ3) is 8.31. The first-order valence-corrected chi connectivity index (χ1v) is 19.3. The summed E-state index contributed by atoms with van der Waals surface area (Å²) in [5.74, 6) is -0.984. The number of alkyl halides is 12. The number of benzene rings is 7. The van der Waals surface area contributed by atoms with Crippen LogP contribution < -0.4 is 4.90 Å². The first-order chi connectivity index (χ1) is 30.6. The number of anilines is 1. The second kappa shape index (κ2) is 16.0. The van der Waals surface area contributed by atoms with Gasteiger partial charge in [-0.2, -0.15) is 52.7 Å². The Morgan fingerprint density at radius 1 is 0.477 bits per heavy atom. The standard InChI is InChI=1S/C49H28F12N2O2/c1-27-8-5-15-41(42(27)45(65)62(26-64)36-18-16-29(17-19-36)28-9-3-2-4-10-28)63-43-37(30-20-32(46(50,51)52)24-33(21-30)47(53,54)55)11-6-13-39(43)40-14-7-12-38(44(40)63)31-22-34(48(56,57)58)25-35(23-31)49(59,60)61/h2-26H,1H3. The van der Waals surface area contributed by atoms with Crippen LogP contribution in [0, 0.1) is 6.92 Å². The molecule has 1 heterocycles. The number of aryl methyl sites for hydroxylation is 1. The van der Waals surface area contributed by atoms with E-state index in [0.717, 1.165) is 16.0 Å². The van der Waals surface area contributed by atoms with Crippen molar-refractivity contribution in [2.75, 3.05) is 4.90 Å². The van der Waals surface area contributed by atoms with Gasteiger partial charge in [0.2, 0.25) is 6.41 Å². The van der Waals surface area contributed by atoms with Crippen molar-refractivity contribution in [1.82, 2.24) is 4.57 Å². The number of nitrogens with zero attached hydrogens (tertiary/aromatic N) is 2. The summed E-state index contributed by atoms with van der Waals surface area (Å²) < 4.78 is 173. The van der Waals surface area contributed by atoms with Crippen LogP contribution in [-0.4, -0.2) is 16.9 Å². The molecule has 0 spiro atoms. The molecule has 4 nitrogen and oxygen atoms in total. The lowest BCUT2D eigenvalue weighted by Crippen LogP contribution is -2.31. The van der Waals surface area contributed by atoms with Crippen LogP contribution in [0.4, 0.5) is 58.4 Å². The molecule has 0 atom stereocenters. The summed E-state index contributed by atoms with van der Waals surface area (Å²) in [6, 6.07) is 29.2. The van der Waals surface area contributed by atoms with E-state index in [4.69, 9.17) is 0 Å². The van der Waals surface area contributed by atoms with Gasteiger partial charge in [0.1, 0.15) is 0 Å². The molecule has 0 saturated carbocycles. The van der Waals surface area contributed by atoms with Crippen LogP contribution in [0.25, 0.3) is 60.9 Å². The van der Waals surface area contributed by atoms with Crippen molar-refractivity contribution >= 4 is 39.8 Å². The average molecular weight is 905 g/mol. The maximum absolute atomic E-state index is 14.9. The number of carbonyl (C=O) groups excluding carboxylic acids is 2. The smallest absolute Gasteiger partial charge is 0.307 e. The van der Waals surface area contributed by atoms with Gasteiger partial charge in [0.15, 0.2) is 0 Å². The summed E-state index contributed by atoms with van der Waals surface area (Å²) in [5, 5.41) is 0.161. The van der Waals surface area contributed by atoms with E-state index >= 15 is 0 Å². The molecule has 0 saturated heterocycles. The largest absolute Gasteiger partial charge is 0.416 e. The van der Waals surface area contributed by atoms with E-state index in [0.29, 0.717) is 24.3 Å². The van der Waals surface area contributed by atoms with E-state index in [1.807, 2.05) is 18.2 Å². The quantitative estimate of drug-likeness (QED) is 0.118. The maximum atomic E-state index is 14.9. The molecule has 1 aromatic heterocycles. The van der Waals surface area contributed by atoms with Crippen molar-refractivity contribution in [3.8, 4) is 39.1 Å². The molecule has 0 aliphatic carbocycles. The van der Waals surface area contributed by atoms with Gasteiger partial charge >= 0.3 is 24.7 Å². The van der Waals surface area contributed by atoms with Gasteiger partial charge in [-0.15, -0.1) is 0 Å². The van der Waals surface area contributed by atoms with Crippen molar-refractivity contribution in [1.29, 1.82) is 0 Å². The van der Waals surface area contributed by atoms with Crippen molar-refractivity contribution in [2.24, 2.45) is 0 Å². The van der Waals surface area contributed by atoms with Gasteiger partial charge in [-0.3, -0.25) is 9.59 Å². The predicted octanol–water partition coefficient (Wildman–Crippen LogP) is 15.0. The van der Waals surface area contributed by atoms with Crippen molar-refractivity contribution in [2.45, 2.75) is 31.6 Å². The molecule has 8 aromatic rings. The Balaban J connectivity index is 1.48. The van der Waals surface area contributed by atoms with Crippen molar-refractivity contribution in [3.05, 3.63) is 179 Å². The normalized spacial score (nSPS) is 12.5. The fraction of sp³-hybridized carbons (Fsp3) is 0.102. The van der Waals surface area contributed by atoms with Crippen LogP contribution in [0.2, 0.25) is 0 Å². The number of aromatic nitrogens is 1. The Hall–Kier alpha value is -7.36. The minimum Gasteiger partial charge on any atom is -0.307 e. The lowest BCUT2D eigenvalue weighted by molar-refractivity contribution is -0.144. The van der Waals surface area contributed by atoms with Gasteiger partial charge in [0.05, 0.1) is 50.2 Å². The first-order valence-electron chi connectivity index (χ1n) is 19.3. The van der Waals surface area contributed by atoms with Gasteiger partial charge in [0, 0.05) is 21.9 Å². The maximum Gasteiger partial charge on any atom is 0.416 e. The van der Waals surface area contributed by atoms with Crippen molar-refractivity contribution < 1.29 is 62.3 Å². The molecule has 0 N–H and O–H groups in total. The highest BCUT2D eigenvalue weighted by molar-refractivity contribution is 6.21. The fourth-order valence-electron chi connectivity index (χ4n) is 7.95. The number of amides is 2. The van der Waals surface area contributed by atoms with E-state index in [2.05, 4.69) is 0 Å². The zero-order chi connectivity index (χ0) is 46.8. The molecule has 0 bridgehead atoms. The number of para-hydroxylation sites is 2. The minimum atomic E-state index is -5.28. The van der Waals surface area contributed by atoms with Gasteiger partial charge in [-0.25, -0.2) is 4.90 Å². The highest BCUT2D eigenvalue weighted by Crippen LogP contribution is 2.47. The molecule has 0 radical (unpaired) electrons. The van der Waals surface area contributed by atoms with Crippen molar-refractivity contribution in [3.63, 3.8) is 0 Å². The number of halogens is 12. The number of hydrogen-bond donors (Lipinski definition) is 0. The number of hydrogen-bond acceptors (Lipinski definition) is 2. The Morgan fingerprint density at radius 3 is 1.31 bits per heavy atom. The number of imide groups is 1. The average Bonchev–Trinajstić information content (AvgIpc) is 3.60. The number of rotatable bonds is 7. The summed E-state index contributed by atoms with van der Waals surface area (Å²) in [6.07, 6.45) is -20.9. The fourth-order valence-corrected chi connectivity index (χ4v) is 7.95. The first kappa shape index (κ1) is 44.3. The molecular weight excluding hydrogens is 877 g/mol. The summed E-state index contributed by atoms with van der Waals surface area (Å²) in [7, 11) is 0. The Morgan fingerprint density at radius 2 is 0.892 bits per heavy atom. The zero-order valence-corrected chi connectivity index (χ0v) is 33.2. The molecule has 0 aliphatic heterocycles. The zero-order valence-electron chi connectivity index (χ0n) is 33.2. The summed E-state index contributed by atoms with van der Waals surface area (Å²) >= 11 is 0. The molecule has 2 amide bonds. The van der Waals surface area contributed by atoms with Crippen LogP contribution in [0.3, 0.4) is 0 Å². The molecule has 8 rings (SSSR count). The van der Waals surface area contributed by atoms with E-state index in [1.54, 1.807) is 24.3 Å². The third-order valence-corrected chi connectivity index (χ3v) is 10.9. The lowest BCUT2D eigenvalue weighted by Gasteiger charge is -2.22.